The SMILES string of the molecule is CC/C=C\C/C=C\C/C=C\C/C=C\C/C=C\C/C=C\C/C=C\CCCCOCC(COC1OC(CO)C(O)C(O)C1O)OC(=O)CCCCCCCCCCCC. The van der Waals surface area contributed by atoms with Crippen LogP contribution in [0.25, 0.3) is 0 Å². The molecule has 9 heteroatoms. The molecule has 0 aromatic rings. The Morgan fingerprint density at radius 3 is 1.58 bits per heavy atom. The number of aliphatic hydroxyl groups is 4. The van der Waals surface area contributed by atoms with E-state index in [0.29, 0.717) is 13.0 Å². The lowest BCUT2D eigenvalue weighted by Gasteiger charge is -2.39. The number of carbonyl (C=O) groups is 1. The average Bonchev–Trinajstić information content (AvgIpc) is 3.21. The third-order valence-corrected chi connectivity index (χ3v) is 9.58. The average molecular weight is 801 g/mol. The third-order valence-electron chi connectivity index (χ3n) is 9.58. The van der Waals surface area contributed by atoms with E-state index in [1.54, 1.807) is 0 Å². The zero-order chi connectivity index (χ0) is 41.4. The van der Waals surface area contributed by atoms with E-state index in [4.69, 9.17) is 18.9 Å². The molecule has 0 amide bonds. The number of hydrogen-bond donors (Lipinski definition) is 4. The van der Waals surface area contributed by atoms with Crippen LogP contribution in [-0.4, -0.2) is 89.6 Å². The quantitative estimate of drug-likeness (QED) is 0.0278. The Hall–Kier alpha value is -2.63. The van der Waals surface area contributed by atoms with Gasteiger partial charge in [-0.05, 0) is 70.6 Å². The summed E-state index contributed by atoms with van der Waals surface area (Å²) in [5.41, 5.74) is 0. The van der Waals surface area contributed by atoms with Gasteiger partial charge in [0.1, 0.15) is 30.5 Å². The highest BCUT2D eigenvalue weighted by molar-refractivity contribution is 5.69. The molecule has 326 valence electrons. The molecule has 1 aliphatic rings. The smallest absolute Gasteiger partial charge is 0.306 e. The molecule has 4 N–H and O–H groups in total. The van der Waals surface area contributed by atoms with Gasteiger partial charge in [0, 0.05) is 13.0 Å². The van der Waals surface area contributed by atoms with Crippen molar-refractivity contribution in [2.45, 2.75) is 185 Å². The van der Waals surface area contributed by atoms with Gasteiger partial charge in [-0.15, -0.1) is 0 Å². The van der Waals surface area contributed by atoms with Crippen LogP contribution < -0.4 is 0 Å². The van der Waals surface area contributed by atoms with Gasteiger partial charge in [-0.1, -0.05) is 157 Å². The van der Waals surface area contributed by atoms with Crippen molar-refractivity contribution in [2.75, 3.05) is 26.4 Å². The van der Waals surface area contributed by atoms with Crippen LogP contribution >= 0.6 is 0 Å². The van der Waals surface area contributed by atoms with E-state index in [9.17, 15) is 25.2 Å². The number of ether oxygens (including phenoxy) is 4. The standard InChI is InChI=1S/C48H80O9/c1-3-5-7-9-11-13-15-16-17-18-19-20-21-22-23-24-25-26-27-28-30-32-34-36-38-54-40-42(41-55-48-47(53)46(52)45(51)43(39-49)57-48)56-44(50)37-35-33-31-29-14-12-10-8-6-4-2/h5,7,11,13,16-17,19-20,22-23,25-26,28,30,42-43,45-49,51-53H,3-4,6,8-10,12,14-15,18,21,24,27,29,31-41H2,1-2H3/b7-5-,13-11-,17-16-,20-19-,23-22-,26-25-,30-28-. The van der Waals surface area contributed by atoms with Crippen LogP contribution in [0, 0.1) is 0 Å². The Balaban J connectivity index is 2.28. The van der Waals surface area contributed by atoms with E-state index in [1.807, 2.05) is 0 Å². The maximum atomic E-state index is 12.7. The summed E-state index contributed by atoms with van der Waals surface area (Å²) in [6, 6.07) is 0. The lowest BCUT2D eigenvalue weighted by Crippen LogP contribution is -2.59. The molecule has 1 fully saturated rings. The fourth-order valence-corrected chi connectivity index (χ4v) is 6.12. The summed E-state index contributed by atoms with van der Waals surface area (Å²) in [4.78, 5) is 12.7. The number of allylic oxidation sites excluding steroid dienone is 14. The second kappa shape index (κ2) is 38.9. The maximum Gasteiger partial charge on any atom is 0.306 e. The minimum absolute atomic E-state index is 0.111. The zero-order valence-electron chi connectivity index (χ0n) is 35.6. The van der Waals surface area contributed by atoms with Crippen molar-refractivity contribution in [2.24, 2.45) is 0 Å². The molecule has 0 radical (unpaired) electrons. The Labute approximate surface area is 346 Å². The van der Waals surface area contributed by atoms with E-state index in [2.05, 4.69) is 98.9 Å². The molecule has 0 spiro atoms. The topological polar surface area (TPSA) is 135 Å². The lowest BCUT2D eigenvalue weighted by atomic mass is 9.99. The molecule has 6 atom stereocenters. The molecular formula is C48H80O9. The largest absolute Gasteiger partial charge is 0.457 e. The van der Waals surface area contributed by atoms with Gasteiger partial charge in [-0.3, -0.25) is 4.79 Å². The van der Waals surface area contributed by atoms with Crippen molar-refractivity contribution in [3.05, 3.63) is 85.1 Å². The van der Waals surface area contributed by atoms with E-state index in [-0.39, 0.29) is 19.2 Å². The number of esters is 1. The van der Waals surface area contributed by atoms with Crippen molar-refractivity contribution in [1.82, 2.24) is 0 Å². The molecule has 0 aliphatic carbocycles. The summed E-state index contributed by atoms with van der Waals surface area (Å²) < 4.78 is 22.7. The van der Waals surface area contributed by atoms with E-state index in [1.165, 1.54) is 44.9 Å². The highest BCUT2D eigenvalue weighted by Gasteiger charge is 2.44. The minimum atomic E-state index is -1.55. The highest BCUT2D eigenvalue weighted by atomic mass is 16.7. The molecule has 0 aromatic heterocycles. The first-order valence-electron chi connectivity index (χ1n) is 22.2. The monoisotopic (exact) mass is 801 g/mol. The second-order valence-electron chi connectivity index (χ2n) is 14.8. The molecule has 0 saturated carbocycles. The Kier molecular flexibility index (Phi) is 35.7. The summed E-state index contributed by atoms with van der Waals surface area (Å²) in [6.07, 6.45) is 44.8. The van der Waals surface area contributed by atoms with E-state index in [0.717, 1.165) is 83.5 Å². The Morgan fingerprint density at radius 2 is 1.07 bits per heavy atom. The fourth-order valence-electron chi connectivity index (χ4n) is 6.12. The number of hydrogen-bond acceptors (Lipinski definition) is 9. The summed E-state index contributed by atoms with van der Waals surface area (Å²) in [5.74, 6) is -0.336. The molecule has 57 heavy (non-hydrogen) atoms. The number of carbonyl (C=O) groups excluding carboxylic acids is 1. The van der Waals surface area contributed by atoms with Gasteiger partial charge in [0.2, 0.25) is 0 Å². The molecule has 1 aliphatic heterocycles. The van der Waals surface area contributed by atoms with Crippen molar-refractivity contribution in [1.29, 1.82) is 0 Å². The number of aliphatic hydroxyl groups excluding tert-OH is 4. The first-order valence-corrected chi connectivity index (χ1v) is 22.2. The Morgan fingerprint density at radius 1 is 0.579 bits per heavy atom. The van der Waals surface area contributed by atoms with Crippen LogP contribution in [0.1, 0.15) is 149 Å². The molecule has 0 aromatic carbocycles. The number of rotatable bonds is 36. The zero-order valence-corrected chi connectivity index (χ0v) is 35.6. The lowest BCUT2D eigenvalue weighted by molar-refractivity contribution is -0.305. The van der Waals surface area contributed by atoms with Crippen LogP contribution in [0.5, 0.6) is 0 Å². The van der Waals surface area contributed by atoms with Crippen molar-refractivity contribution < 1.29 is 44.2 Å². The maximum absolute atomic E-state index is 12.7. The van der Waals surface area contributed by atoms with Crippen molar-refractivity contribution >= 4 is 5.97 Å². The number of unbranched alkanes of at least 4 members (excludes halogenated alkanes) is 11. The van der Waals surface area contributed by atoms with E-state index < -0.39 is 43.4 Å². The van der Waals surface area contributed by atoms with E-state index >= 15 is 0 Å². The van der Waals surface area contributed by atoms with Gasteiger partial charge in [0.25, 0.3) is 0 Å². The van der Waals surface area contributed by atoms with Gasteiger partial charge in [0.15, 0.2) is 6.29 Å². The third kappa shape index (κ3) is 30.1. The second-order valence-corrected chi connectivity index (χ2v) is 14.8. The highest BCUT2D eigenvalue weighted by Crippen LogP contribution is 2.22. The van der Waals surface area contributed by atoms with Crippen molar-refractivity contribution in [3.63, 3.8) is 0 Å². The van der Waals surface area contributed by atoms with Gasteiger partial charge < -0.3 is 39.4 Å². The molecule has 1 saturated heterocycles. The van der Waals surface area contributed by atoms with Crippen LogP contribution in [-0.2, 0) is 23.7 Å². The first kappa shape index (κ1) is 52.4. The summed E-state index contributed by atoms with van der Waals surface area (Å²) >= 11 is 0. The van der Waals surface area contributed by atoms with Crippen LogP contribution in [0.3, 0.4) is 0 Å². The first-order chi connectivity index (χ1) is 27.9. The predicted molar refractivity (Wildman–Crippen MR) is 233 cm³/mol. The molecule has 1 rings (SSSR count). The van der Waals surface area contributed by atoms with Gasteiger partial charge in [-0.2, -0.15) is 0 Å². The molecule has 9 nitrogen and oxygen atoms in total. The molecular weight excluding hydrogens is 721 g/mol. The van der Waals surface area contributed by atoms with Gasteiger partial charge in [-0.25, -0.2) is 0 Å². The molecule has 1 heterocycles. The molecule has 0 bridgehead atoms. The summed E-state index contributed by atoms with van der Waals surface area (Å²) in [6.45, 7) is 4.29. The summed E-state index contributed by atoms with van der Waals surface area (Å²) in [5, 5.41) is 40.0. The summed E-state index contributed by atoms with van der Waals surface area (Å²) in [7, 11) is 0. The molecule has 6 unspecified atom stereocenters. The predicted octanol–water partition coefficient (Wildman–Crippen LogP) is 9.86. The van der Waals surface area contributed by atoms with Gasteiger partial charge in [0.05, 0.1) is 19.8 Å². The fraction of sp³-hybridized carbons (Fsp3) is 0.688. The van der Waals surface area contributed by atoms with Crippen LogP contribution in [0.2, 0.25) is 0 Å². The van der Waals surface area contributed by atoms with Crippen LogP contribution in [0.4, 0.5) is 0 Å². The van der Waals surface area contributed by atoms with Crippen LogP contribution in [0.15, 0.2) is 85.1 Å². The minimum Gasteiger partial charge on any atom is -0.457 e. The normalized spacial score (nSPS) is 21.3. The van der Waals surface area contributed by atoms with Gasteiger partial charge >= 0.3 is 5.97 Å². The Bertz CT molecular complexity index is 1140. The van der Waals surface area contributed by atoms with Crippen molar-refractivity contribution in [3.8, 4) is 0 Å².